The number of ketones is 1. The van der Waals surface area contributed by atoms with Crippen LogP contribution in [0.4, 0.5) is 0 Å². The molecule has 0 heterocycles. The highest BCUT2D eigenvalue weighted by atomic mass is 35.5. The molecule has 0 amide bonds. The maximum atomic E-state index is 12.7. The van der Waals surface area contributed by atoms with Gasteiger partial charge in [-0.05, 0) is 31.0 Å². The molecule has 0 saturated carbocycles. The van der Waals surface area contributed by atoms with Crippen molar-refractivity contribution in [3.05, 3.63) is 66.6 Å². The van der Waals surface area contributed by atoms with Gasteiger partial charge in [0.15, 0.2) is 5.78 Å². The number of halogens is 4. The molecule has 1 nitrogen and oxygen atoms in total. The quantitative estimate of drug-likeness (QED) is 0.470. The average molecular weight is 348 g/mol. The van der Waals surface area contributed by atoms with Crippen molar-refractivity contribution in [2.75, 3.05) is 0 Å². The molecule has 20 heavy (non-hydrogen) atoms. The fourth-order valence-corrected chi connectivity index (χ4v) is 3.05. The van der Waals surface area contributed by atoms with E-state index in [9.17, 15) is 4.79 Å². The van der Waals surface area contributed by atoms with Crippen LogP contribution in [0.3, 0.4) is 0 Å². The molecule has 2 aromatic rings. The molecule has 0 unspecified atom stereocenters. The Balaban J connectivity index is 2.72. The lowest BCUT2D eigenvalue weighted by molar-refractivity contribution is 0.103. The molecule has 0 N–H and O–H groups in total. The molecule has 104 valence electrons. The van der Waals surface area contributed by atoms with E-state index in [0.29, 0.717) is 5.56 Å². The molecule has 0 aliphatic rings. The third-order valence-corrected chi connectivity index (χ3v) is 4.62. The van der Waals surface area contributed by atoms with Gasteiger partial charge in [-0.15, -0.1) is 0 Å². The van der Waals surface area contributed by atoms with Crippen LogP contribution in [-0.4, -0.2) is 5.78 Å². The molecule has 0 atom stereocenters. The summed E-state index contributed by atoms with van der Waals surface area (Å²) >= 11 is 24.2. The van der Waals surface area contributed by atoms with Crippen LogP contribution in [0.2, 0.25) is 20.1 Å². The SMILES string of the molecule is Cc1cccc(C)c1C(=O)c1c(Cl)c(Cl)cc(Cl)c1Cl. The Morgan fingerprint density at radius 3 is 1.75 bits per heavy atom. The molecular formula is C15H10Cl4O. The minimum Gasteiger partial charge on any atom is -0.288 e. The zero-order chi connectivity index (χ0) is 15.0. The van der Waals surface area contributed by atoms with E-state index < -0.39 is 0 Å². The number of hydrogen-bond donors (Lipinski definition) is 0. The minimum atomic E-state index is -0.278. The van der Waals surface area contributed by atoms with E-state index in [4.69, 9.17) is 46.4 Å². The van der Waals surface area contributed by atoms with Crippen molar-refractivity contribution in [3.8, 4) is 0 Å². The summed E-state index contributed by atoms with van der Waals surface area (Å²) in [7, 11) is 0. The molecule has 0 aliphatic heterocycles. The second-order valence-corrected chi connectivity index (χ2v) is 6.01. The molecule has 0 fully saturated rings. The van der Waals surface area contributed by atoms with Crippen LogP contribution >= 0.6 is 46.4 Å². The monoisotopic (exact) mass is 346 g/mol. The fraction of sp³-hybridized carbons (Fsp3) is 0.133. The molecule has 0 radical (unpaired) electrons. The number of carbonyl (C=O) groups is 1. The predicted molar refractivity (Wildman–Crippen MR) is 85.8 cm³/mol. The van der Waals surface area contributed by atoms with Gasteiger partial charge in [0.2, 0.25) is 0 Å². The van der Waals surface area contributed by atoms with Crippen molar-refractivity contribution < 1.29 is 4.79 Å². The van der Waals surface area contributed by atoms with Gasteiger partial charge in [0.1, 0.15) is 0 Å². The molecule has 5 heteroatoms. The molecule has 0 spiro atoms. The van der Waals surface area contributed by atoms with Gasteiger partial charge in [0, 0.05) is 5.56 Å². The highest BCUT2D eigenvalue weighted by Gasteiger charge is 2.23. The van der Waals surface area contributed by atoms with E-state index >= 15 is 0 Å². The summed E-state index contributed by atoms with van der Waals surface area (Å²) in [5, 5.41) is 0.647. The fourth-order valence-electron chi connectivity index (χ4n) is 2.07. The second kappa shape index (κ2) is 5.95. The lowest BCUT2D eigenvalue weighted by atomic mass is 9.95. The summed E-state index contributed by atoms with van der Waals surface area (Å²) in [6, 6.07) is 7.02. The third-order valence-electron chi connectivity index (χ3n) is 3.05. The molecule has 0 bridgehead atoms. The maximum absolute atomic E-state index is 12.7. The lowest BCUT2D eigenvalue weighted by Crippen LogP contribution is -2.08. The van der Waals surface area contributed by atoms with E-state index in [1.165, 1.54) is 6.07 Å². The molecule has 0 aromatic heterocycles. The van der Waals surface area contributed by atoms with Crippen LogP contribution in [0.1, 0.15) is 27.0 Å². The van der Waals surface area contributed by atoms with Crippen LogP contribution in [0.25, 0.3) is 0 Å². The van der Waals surface area contributed by atoms with E-state index in [2.05, 4.69) is 0 Å². The maximum Gasteiger partial charge on any atom is 0.196 e. The van der Waals surface area contributed by atoms with Gasteiger partial charge in [-0.3, -0.25) is 4.79 Å². The standard InChI is InChI=1S/C15H10Cl4O/c1-7-4-3-5-8(2)11(7)15(20)12-13(18)9(16)6-10(17)14(12)19/h3-6H,1-2H3. The van der Waals surface area contributed by atoms with Gasteiger partial charge in [-0.2, -0.15) is 0 Å². The topological polar surface area (TPSA) is 17.1 Å². The number of aryl methyl sites for hydroxylation is 2. The number of hydrogen-bond acceptors (Lipinski definition) is 1. The van der Waals surface area contributed by atoms with Gasteiger partial charge in [-0.1, -0.05) is 64.6 Å². The Morgan fingerprint density at radius 2 is 1.30 bits per heavy atom. The highest BCUT2D eigenvalue weighted by Crippen LogP contribution is 2.38. The number of rotatable bonds is 2. The Hall–Kier alpha value is -0.730. The van der Waals surface area contributed by atoms with Crippen molar-refractivity contribution in [1.29, 1.82) is 0 Å². The molecule has 0 saturated heterocycles. The summed E-state index contributed by atoms with van der Waals surface area (Å²) in [4.78, 5) is 12.7. The molecular weight excluding hydrogens is 338 g/mol. The van der Waals surface area contributed by atoms with Crippen molar-refractivity contribution in [2.45, 2.75) is 13.8 Å². The Morgan fingerprint density at radius 1 is 0.850 bits per heavy atom. The van der Waals surface area contributed by atoms with E-state index in [0.717, 1.165) is 11.1 Å². The van der Waals surface area contributed by atoms with Gasteiger partial charge < -0.3 is 0 Å². The van der Waals surface area contributed by atoms with Crippen LogP contribution in [0, 0.1) is 13.8 Å². The summed E-state index contributed by atoms with van der Waals surface area (Å²) in [6.45, 7) is 3.71. The second-order valence-electron chi connectivity index (χ2n) is 4.44. The summed E-state index contributed by atoms with van der Waals surface area (Å²) in [6.07, 6.45) is 0. The number of carbonyl (C=O) groups excluding carboxylic acids is 1. The third kappa shape index (κ3) is 2.68. The Bertz CT molecular complexity index is 661. The van der Waals surface area contributed by atoms with Gasteiger partial charge in [0.05, 0.1) is 25.7 Å². The summed E-state index contributed by atoms with van der Waals surface area (Å²) < 4.78 is 0. The molecule has 2 aromatic carbocycles. The predicted octanol–water partition coefficient (Wildman–Crippen LogP) is 6.15. The van der Waals surface area contributed by atoms with Crippen LogP contribution in [0.5, 0.6) is 0 Å². The van der Waals surface area contributed by atoms with E-state index in [1.54, 1.807) is 0 Å². The Kier molecular flexibility index (Phi) is 4.66. The first kappa shape index (κ1) is 15.7. The first-order valence-electron chi connectivity index (χ1n) is 5.78. The lowest BCUT2D eigenvalue weighted by Gasteiger charge is -2.13. The van der Waals surface area contributed by atoms with Gasteiger partial charge >= 0.3 is 0 Å². The molecule has 2 rings (SSSR count). The largest absolute Gasteiger partial charge is 0.288 e. The normalized spacial score (nSPS) is 10.7. The van der Waals surface area contributed by atoms with E-state index in [1.807, 2.05) is 32.0 Å². The molecule has 0 aliphatic carbocycles. The first-order chi connectivity index (χ1) is 9.34. The van der Waals surface area contributed by atoms with Crippen LogP contribution in [-0.2, 0) is 0 Å². The van der Waals surface area contributed by atoms with Crippen molar-refractivity contribution in [3.63, 3.8) is 0 Å². The smallest absolute Gasteiger partial charge is 0.196 e. The van der Waals surface area contributed by atoms with Gasteiger partial charge in [0.25, 0.3) is 0 Å². The van der Waals surface area contributed by atoms with Crippen molar-refractivity contribution in [2.24, 2.45) is 0 Å². The van der Waals surface area contributed by atoms with Crippen molar-refractivity contribution >= 4 is 52.2 Å². The zero-order valence-electron chi connectivity index (χ0n) is 10.7. The average Bonchev–Trinajstić information content (AvgIpc) is 2.36. The van der Waals surface area contributed by atoms with Crippen molar-refractivity contribution in [1.82, 2.24) is 0 Å². The zero-order valence-corrected chi connectivity index (χ0v) is 13.8. The number of benzene rings is 2. The first-order valence-corrected chi connectivity index (χ1v) is 7.29. The highest BCUT2D eigenvalue weighted by molar-refractivity contribution is 6.50. The summed E-state index contributed by atoms with van der Waals surface area (Å²) in [5.41, 5.74) is 2.40. The summed E-state index contributed by atoms with van der Waals surface area (Å²) in [5.74, 6) is -0.278. The van der Waals surface area contributed by atoms with Gasteiger partial charge in [-0.25, -0.2) is 0 Å². The van der Waals surface area contributed by atoms with Crippen LogP contribution < -0.4 is 0 Å². The minimum absolute atomic E-state index is 0.119. The van der Waals surface area contributed by atoms with Crippen LogP contribution in [0.15, 0.2) is 24.3 Å². The van der Waals surface area contributed by atoms with E-state index in [-0.39, 0.29) is 31.4 Å². The Labute approximate surface area is 137 Å².